The van der Waals surface area contributed by atoms with Gasteiger partial charge >= 0.3 is 0 Å². The number of anilines is 1. The summed E-state index contributed by atoms with van der Waals surface area (Å²) in [5, 5.41) is 12.3. The topological polar surface area (TPSA) is 32.3 Å². The molecule has 1 aromatic carbocycles. The maximum Gasteiger partial charge on any atom is 0.115 e. The van der Waals surface area contributed by atoms with Gasteiger partial charge in [0.2, 0.25) is 0 Å². The van der Waals surface area contributed by atoms with E-state index in [9.17, 15) is 0 Å². The van der Waals surface area contributed by atoms with E-state index in [1.54, 1.807) is 12.1 Å². The second kappa shape index (κ2) is 4.75. The Balaban J connectivity index is 2.33. The molecule has 0 unspecified atom stereocenters. The van der Waals surface area contributed by atoms with Crippen molar-refractivity contribution < 1.29 is 5.11 Å². The molecule has 0 amide bonds. The summed E-state index contributed by atoms with van der Waals surface area (Å²) in [4.78, 5) is 0. The lowest BCUT2D eigenvalue weighted by atomic mass is 10.1. The molecular formula is C11H17NO. The highest BCUT2D eigenvalue weighted by molar-refractivity contribution is 5.45. The van der Waals surface area contributed by atoms with E-state index in [0.717, 1.165) is 18.2 Å². The maximum atomic E-state index is 9.04. The minimum Gasteiger partial charge on any atom is -0.508 e. The normalized spacial score (nSPS) is 10.4. The van der Waals surface area contributed by atoms with Crippen LogP contribution in [-0.2, 0) is 0 Å². The average molecular weight is 179 g/mol. The van der Waals surface area contributed by atoms with Gasteiger partial charge in [-0.2, -0.15) is 0 Å². The van der Waals surface area contributed by atoms with Crippen LogP contribution in [-0.4, -0.2) is 11.7 Å². The number of phenols is 1. The molecule has 13 heavy (non-hydrogen) atoms. The molecule has 0 aromatic heterocycles. The number of rotatable bonds is 4. The van der Waals surface area contributed by atoms with E-state index >= 15 is 0 Å². The molecule has 0 aliphatic rings. The third-order valence-corrected chi connectivity index (χ3v) is 1.92. The summed E-state index contributed by atoms with van der Waals surface area (Å²) in [5.74, 6) is 1.04. The van der Waals surface area contributed by atoms with Crippen LogP contribution >= 0.6 is 0 Å². The van der Waals surface area contributed by atoms with Crippen molar-refractivity contribution in [1.82, 2.24) is 0 Å². The van der Waals surface area contributed by atoms with E-state index in [2.05, 4.69) is 19.2 Å². The van der Waals surface area contributed by atoms with Gasteiger partial charge in [0.15, 0.2) is 0 Å². The summed E-state index contributed by atoms with van der Waals surface area (Å²) >= 11 is 0. The van der Waals surface area contributed by atoms with Gasteiger partial charge < -0.3 is 10.4 Å². The Kier molecular flexibility index (Phi) is 3.62. The Bertz CT molecular complexity index is 241. The highest BCUT2D eigenvalue weighted by Gasteiger charge is 1.94. The highest BCUT2D eigenvalue weighted by atomic mass is 16.3. The molecule has 72 valence electrons. The molecule has 0 radical (unpaired) electrons. The van der Waals surface area contributed by atoms with Crippen LogP contribution in [0.2, 0.25) is 0 Å². The summed E-state index contributed by atoms with van der Waals surface area (Å²) in [5.41, 5.74) is 1.07. The molecule has 1 aromatic rings. The van der Waals surface area contributed by atoms with Crippen LogP contribution in [0.25, 0.3) is 0 Å². The first kappa shape index (κ1) is 9.90. The molecule has 0 saturated carbocycles. The van der Waals surface area contributed by atoms with Crippen molar-refractivity contribution in [3.8, 4) is 5.75 Å². The summed E-state index contributed by atoms with van der Waals surface area (Å²) in [7, 11) is 0. The molecule has 1 rings (SSSR count). The van der Waals surface area contributed by atoms with Crippen molar-refractivity contribution >= 4 is 5.69 Å². The summed E-state index contributed by atoms with van der Waals surface area (Å²) in [6, 6.07) is 7.15. The number of hydrogen-bond acceptors (Lipinski definition) is 2. The summed E-state index contributed by atoms with van der Waals surface area (Å²) < 4.78 is 0. The average Bonchev–Trinajstić information content (AvgIpc) is 2.08. The van der Waals surface area contributed by atoms with Crippen molar-refractivity contribution in [2.45, 2.75) is 20.3 Å². The molecule has 0 aliphatic heterocycles. The Labute approximate surface area is 79.6 Å². The molecule has 0 fully saturated rings. The standard InChI is InChI=1S/C11H17NO/c1-9(2)7-8-12-10-3-5-11(13)6-4-10/h3-6,9,12-13H,7-8H2,1-2H3. The SMILES string of the molecule is CC(C)CCNc1ccc(O)cc1. The van der Waals surface area contributed by atoms with E-state index in [4.69, 9.17) is 5.11 Å². The lowest BCUT2D eigenvalue weighted by Gasteiger charge is -2.07. The quantitative estimate of drug-likeness (QED) is 0.696. The zero-order chi connectivity index (χ0) is 9.68. The number of aromatic hydroxyl groups is 1. The Morgan fingerprint density at radius 2 is 1.85 bits per heavy atom. The van der Waals surface area contributed by atoms with Gasteiger partial charge in [-0.25, -0.2) is 0 Å². The van der Waals surface area contributed by atoms with Crippen LogP contribution in [0.1, 0.15) is 20.3 Å². The molecule has 0 heterocycles. The molecule has 0 bridgehead atoms. The van der Waals surface area contributed by atoms with E-state index in [-0.39, 0.29) is 0 Å². The van der Waals surface area contributed by atoms with E-state index in [0.29, 0.717) is 5.75 Å². The fourth-order valence-corrected chi connectivity index (χ4v) is 1.08. The van der Waals surface area contributed by atoms with Gasteiger partial charge in [-0.3, -0.25) is 0 Å². The third-order valence-electron chi connectivity index (χ3n) is 1.92. The van der Waals surface area contributed by atoms with Crippen molar-refractivity contribution in [3.63, 3.8) is 0 Å². The van der Waals surface area contributed by atoms with Gasteiger partial charge in [0.1, 0.15) is 5.75 Å². The third kappa shape index (κ3) is 3.83. The van der Waals surface area contributed by atoms with Gasteiger partial charge in [-0.15, -0.1) is 0 Å². The maximum absolute atomic E-state index is 9.04. The first-order valence-corrected chi connectivity index (χ1v) is 4.71. The van der Waals surface area contributed by atoms with Gasteiger partial charge in [0.05, 0.1) is 0 Å². The Morgan fingerprint density at radius 1 is 1.23 bits per heavy atom. The van der Waals surface area contributed by atoms with Crippen molar-refractivity contribution in [2.24, 2.45) is 5.92 Å². The molecule has 2 N–H and O–H groups in total. The summed E-state index contributed by atoms with van der Waals surface area (Å²) in [6.45, 7) is 5.40. The monoisotopic (exact) mass is 179 g/mol. The van der Waals surface area contributed by atoms with E-state index in [1.165, 1.54) is 6.42 Å². The van der Waals surface area contributed by atoms with Gasteiger partial charge in [-0.05, 0) is 36.6 Å². The zero-order valence-corrected chi connectivity index (χ0v) is 8.25. The predicted octanol–water partition coefficient (Wildman–Crippen LogP) is 2.85. The molecule has 2 heteroatoms. The van der Waals surface area contributed by atoms with Crippen LogP contribution < -0.4 is 5.32 Å². The molecular weight excluding hydrogens is 162 g/mol. The minimum atomic E-state index is 0.314. The summed E-state index contributed by atoms with van der Waals surface area (Å²) in [6.07, 6.45) is 1.17. The largest absolute Gasteiger partial charge is 0.508 e. The van der Waals surface area contributed by atoms with Crippen molar-refractivity contribution in [1.29, 1.82) is 0 Å². The van der Waals surface area contributed by atoms with Crippen LogP contribution in [0, 0.1) is 5.92 Å². The van der Waals surface area contributed by atoms with Crippen LogP contribution in [0.4, 0.5) is 5.69 Å². The molecule has 0 aliphatic carbocycles. The molecule has 0 spiro atoms. The Morgan fingerprint density at radius 3 is 2.38 bits per heavy atom. The van der Waals surface area contributed by atoms with Gasteiger partial charge in [0, 0.05) is 12.2 Å². The zero-order valence-electron chi connectivity index (χ0n) is 8.25. The minimum absolute atomic E-state index is 0.314. The fourth-order valence-electron chi connectivity index (χ4n) is 1.08. The first-order chi connectivity index (χ1) is 6.18. The predicted molar refractivity (Wildman–Crippen MR) is 56.1 cm³/mol. The van der Waals surface area contributed by atoms with Crippen molar-refractivity contribution in [3.05, 3.63) is 24.3 Å². The smallest absolute Gasteiger partial charge is 0.115 e. The van der Waals surface area contributed by atoms with E-state index < -0.39 is 0 Å². The molecule has 2 nitrogen and oxygen atoms in total. The van der Waals surface area contributed by atoms with E-state index in [1.807, 2.05) is 12.1 Å². The fraction of sp³-hybridized carbons (Fsp3) is 0.455. The molecule has 0 atom stereocenters. The lowest BCUT2D eigenvalue weighted by Crippen LogP contribution is -2.04. The van der Waals surface area contributed by atoms with Crippen LogP contribution in [0.3, 0.4) is 0 Å². The second-order valence-corrected chi connectivity index (χ2v) is 3.66. The number of phenolic OH excluding ortho intramolecular Hbond substituents is 1. The van der Waals surface area contributed by atoms with Gasteiger partial charge in [-0.1, -0.05) is 13.8 Å². The van der Waals surface area contributed by atoms with Crippen LogP contribution in [0.15, 0.2) is 24.3 Å². The van der Waals surface area contributed by atoms with Crippen molar-refractivity contribution in [2.75, 3.05) is 11.9 Å². The second-order valence-electron chi connectivity index (χ2n) is 3.66. The van der Waals surface area contributed by atoms with Crippen LogP contribution in [0.5, 0.6) is 5.75 Å². The van der Waals surface area contributed by atoms with Gasteiger partial charge in [0.25, 0.3) is 0 Å². The number of nitrogens with one attached hydrogen (secondary N) is 1. The first-order valence-electron chi connectivity index (χ1n) is 4.71. The molecule has 0 saturated heterocycles. The number of benzene rings is 1. The number of hydrogen-bond donors (Lipinski definition) is 2. The highest BCUT2D eigenvalue weighted by Crippen LogP contribution is 2.13. The Hall–Kier alpha value is -1.18. The lowest BCUT2D eigenvalue weighted by molar-refractivity contribution is 0.475.